The molecule has 1 aliphatic carbocycles. The largest absolute Gasteiger partial charge is 0.493 e. The standard InChI is InChI=1S/C33H32O8/c1-31(2)32(3)15-16-33(31,41-29(32)35)30(36)40-24-12-8-11-22-18-25(39-28(34)27(22)24)21-13-14-23(37-4)26(17-21)38-19-20-9-6-5-7-10-20/h5-14,17,25H,15-16,18-19H2,1-4H3/t25?,32-,33+/m1/s1. The summed E-state index contributed by atoms with van der Waals surface area (Å²) >= 11 is 0. The molecule has 8 heteroatoms. The predicted octanol–water partition coefficient (Wildman–Crippen LogP) is 5.76. The first kappa shape index (κ1) is 26.9. The normalized spacial score (nSPS) is 25.6. The summed E-state index contributed by atoms with van der Waals surface area (Å²) in [5.41, 5.74) is -0.279. The van der Waals surface area contributed by atoms with E-state index in [0.717, 1.165) is 11.1 Å². The lowest BCUT2D eigenvalue weighted by Crippen LogP contribution is -2.50. The molecule has 0 radical (unpaired) electrons. The molecule has 2 heterocycles. The molecule has 3 aromatic carbocycles. The molecule has 0 amide bonds. The zero-order valence-electron chi connectivity index (χ0n) is 23.5. The topological polar surface area (TPSA) is 97.4 Å². The molecule has 1 unspecified atom stereocenters. The Balaban J connectivity index is 1.24. The van der Waals surface area contributed by atoms with E-state index in [1.165, 1.54) is 0 Å². The number of esters is 3. The lowest BCUT2D eigenvalue weighted by molar-refractivity contribution is -0.176. The third-order valence-corrected chi connectivity index (χ3v) is 9.38. The molecule has 0 spiro atoms. The van der Waals surface area contributed by atoms with Crippen LogP contribution in [0.25, 0.3) is 0 Å². The smallest absolute Gasteiger partial charge is 0.356 e. The monoisotopic (exact) mass is 556 g/mol. The Morgan fingerprint density at radius 2 is 1.71 bits per heavy atom. The lowest BCUT2D eigenvalue weighted by atomic mass is 9.66. The second kappa shape index (κ2) is 9.65. The van der Waals surface area contributed by atoms with Crippen LogP contribution < -0.4 is 14.2 Å². The van der Waals surface area contributed by atoms with Gasteiger partial charge in [0.1, 0.15) is 24.0 Å². The average Bonchev–Trinajstić information content (AvgIpc) is 3.26. The molecule has 41 heavy (non-hydrogen) atoms. The summed E-state index contributed by atoms with van der Waals surface area (Å²) in [7, 11) is 1.57. The van der Waals surface area contributed by atoms with Gasteiger partial charge in [0.05, 0.1) is 12.5 Å². The highest BCUT2D eigenvalue weighted by Gasteiger charge is 2.76. The Labute approximate surface area is 238 Å². The van der Waals surface area contributed by atoms with Crippen LogP contribution in [-0.4, -0.2) is 30.6 Å². The van der Waals surface area contributed by atoms with Gasteiger partial charge < -0.3 is 23.7 Å². The van der Waals surface area contributed by atoms with Gasteiger partial charge >= 0.3 is 17.9 Å². The second-order valence-electron chi connectivity index (χ2n) is 11.6. The van der Waals surface area contributed by atoms with Crippen molar-refractivity contribution in [2.24, 2.45) is 10.8 Å². The highest BCUT2D eigenvalue weighted by atomic mass is 16.6. The number of hydrogen-bond acceptors (Lipinski definition) is 8. The van der Waals surface area contributed by atoms with E-state index in [9.17, 15) is 14.4 Å². The number of cyclic esters (lactones) is 1. The fraction of sp³-hybridized carbons (Fsp3) is 0.364. The van der Waals surface area contributed by atoms with E-state index in [2.05, 4.69) is 0 Å². The SMILES string of the molecule is COc1ccc(C2Cc3cccc(OC(=O)[C@]45CC[C@](C)(C(=O)O4)C5(C)C)c3C(=O)O2)cc1OCc1ccccc1. The van der Waals surface area contributed by atoms with Gasteiger partial charge in [-0.05, 0) is 54.7 Å². The highest BCUT2D eigenvalue weighted by molar-refractivity contribution is 5.98. The summed E-state index contributed by atoms with van der Waals surface area (Å²) in [5.74, 6) is -0.461. The van der Waals surface area contributed by atoms with Gasteiger partial charge in [-0.15, -0.1) is 0 Å². The minimum Gasteiger partial charge on any atom is -0.493 e. The van der Waals surface area contributed by atoms with E-state index in [0.29, 0.717) is 42.9 Å². The minimum absolute atomic E-state index is 0.0966. The molecule has 3 aliphatic rings. The van der Waals surface area contributed by atoms with Crippen LogP contribution in [0.5, 0.6) is 17.2 Å². The Morgan fingerprint density at radius 1 is 0.927 bits per heavy atom. The van der Waals surface area contributed by atoms with Crippen LogP contribution in [-0.2, 0) is 32.1 Å². The number of rotatable bonds is 7. The van der Waals surface area contributed by atoms with Crippen LogP contribution >= 0.6 is 0 Å². The molecule has 1 saturated heterocycles. The van der Waals surface area contributed by atoms with Crippen molar-refractivity contribution in [3.8, 4) is 17.2 Å². The zero-order valence-corrected chi connectivity index (χ0v) is 23.5. The number of methoxy groups -OCH3 is 1. The third kappa shape index (κ3) is 4.07. The quantitative estimate of drug-likeness (QED) is 0.268. The Hall–Kier alpha value is -4.33. The summed E-state index contributed by atoms with van der Waals surface area (Å²) in [6, 6.07) is 20.4. The summed E-state index contributed by atoms with van der Waals surface area (Å²) < 4.78 is 28.9. The van der Waals surface area contributed by atoms with Gasteiger partial charge in [0.15, 0.2) is 11.5 Å². The number of fused-ring (bicyclic) bond motifs is 3. The van der Waals surface area contributed by atoms with E-state index in [4.69, 9.17) is 23.7 Å². The van der Waals surface area contributed by atoms with Gasteiger partial charge in [0.25, 0.3) is 0 Å². The van der Waals surface area contributed by atoms with Gasteiger partial charge in [-0.25, -0.2) is 9.59 Å². The summed E-state index contributed by atoms with van der Waals surface area (Å²) in [5, 5.41) is 0. The Kier molecular flexibility index (Phi) is 6.32. The molecule has 2 aliphatic heterocycles. The van der Waals surface area contributed by atoms with Crippen molar-refractivity contribution in [3.63, 3.8) is 0 Å². The van der Waals surface area contributed by atoms with Crippen molar-refractivity contribution in [1.29, 1.82) is 0 Å². The molecule has 6 rings (SSSR count). The van der Waals surface area contributed by atoms with Crippen LogP contribution in [0.1, 0.15) is 66.8 Å². The third-order valence-electron chi connectivity index (χ3n) is 9.38. The fourth-order valence-corrected chi connectivity index (χ4v) is 6.31. The van der Waals surface area contributed by atoms with Crippen molar-refractivity contribution in [1.82, 2.24) is 0 Å². The first-order valence-corrected chi connectivity index (χ1v) is 13.7. The number of benzene rings is 3. The maximum Gasteiger partial charge on any atom is 0.356 e. The summed E-state index contributed by atoms with van der Waals surface area (Å²) in [6.45, 7) is 5.91. The van der Waals surface area contributed by atoms with Crippen LogP contribution in [0.2, 0.25) is 0 Å². The predicted molar refractivity (Wildman–Crippen MR) is 148 cm³/mol. The van der Waals surface area contributed by atoms with Crippen LogP contribution in [0.3, 0.4) is 0 Å². The lowest BCUT2D eigenvalue weighted by Gasteiger charge is -2.34. The average molecular weight is 557 g/mol. The fourth-order valence-electron chi connectivity index (χ4n) is 6.31. The number of ether oxygens (including phenoxy) is 5. The van der Waals surface area contributed by atoms with E-state index in [-0.39, 0.29) is 11.3 Å². The molecule has 1 saturated carbocycles. The molecule has 2 fully saturated rings. The Bertz CT molecular complexity index is 1540. The van der Waals surface area contributed by atoms with Crippen molar-refractivity contribution < 1.29 is 38.1 Å². The molecule has 212 valence electrons. The van der Waals surface area contributed by atoms with Gasteiger partial charge in [0, 0.05) is 11.8 Å². The molecule has 8 nitrogen and oxygen atoms in total. The molecule has 0 N–H and O–H groups in total. The van der Waals surface area contributed by atoms with Crippen LogP contribution in [0.15, 0.2) is 66.7 Å². The minimum atomic E-state index is -1.40. The van der Waals surface area contributed by atoms with Crippen molar-refractivity contribution in [2.45, 2.75) is 58.3 Å². The second-order valence-corrected chi connectivity index (χ2v) is 11.6. The number of hydrogen-bond donors (Lipinski definition) is 0. The van der Waals surface area contributed by atoms with E-state index in [1.807, 2.05) is 69.3 Å². The maximum absolute atomic E-state index is 13.6. The van der Waals surface area contributed by atoms with E-state index < -0.39 is 40.4 Å². The molecule has 0 aromatic heterocycles. The van der Waals surface area contributed by atoms with Gasteiger partial charge in [-0.2, -0.15) is 0 Å². The number of carbonyl (C=O) groups excluding carboxylic acids is 3. The van der Waals surface area contributed by atoms with E-state index >= 15 is 0 Å². The number of carbonyl (C=O) groups is 3. The molecular weight excluding hydrogens is 524 g/mol. The first-order chi connectivity index (χ1) is 19.6. The Morgan fingerprint density at radius 3 is 2.39 bits per heavy atom. The zero-order chi connectivity index (χ0) is 29.0. The molecule has 3 aromatic rings. The summed E-state index contributed by atoms with van der Waals surface area (Å²) in [4.78, 5) is 39.6. The van der Waals surface area contributed by atoms with Crippen molar-refractivity contribution in [2.75, 3.05) is 7.11 Å². The van der Waals surface area contributed by atoms with Crippen LogP contribution in [0, 0.1) is 10.8 Å². The summed E-state index contributed by atoms with van der Waals surface area (Å²) in [6.07, 6.45) is 0.702. The highest BCUT2D eigenvalue weighted by Crippen LogP contribution is 2.65. The van der Waals surface area contributed by atoms with Gasteiger partial charge in [0.2, 0.25) is 5.60 Å². The first-order valence-electron chi connectivity index (χ1n) is 13.7. The van der Waals surface area contributed by atoms with Gasteiger partial charge in [-0.1, -0.05) is 62.4 Å². The molecule has 3 atom stereocenters. The molecular formula is C33H32O8. The van der Waals surface area contributed by atoms with Gasteiger partial charge in [-0.3, -0.25) is 4.79 Å². The van der Waals surface area contributed by atoms with Crippen molar-refractivity contribution >= 4 is 17.9 Å². The maximum atomic E-state index is 13.6. The van der Waals surface area contributed by atoms with E-state index in [1.54, 1.807) is 25.3 Å². The molecule has 2 bridgehead atoms. The van der Waals surface area contributed by atoms with Crippen molar-refractivity contribution in [3.05, 3.63) is 89.0 Å². The van der Waals surface area contributed by atoms with Crippen LogP contribution in [0.4, 0.5) is 0 Å².